The summed E-state index contributed by atoms with van der Waals surface area (Å²) in [4.78, 5) is 0. The van der Waals surface area contributed by atoms with Gasteiger partial charge < -0.3 is 9.47 Å². The molecule has 0 N–H and O–H groups in total. The quantitative estimate of drug-likeness (QED) is 0.521. The Labute approximate surface area is 49.2 Å². The number of rotatable bonds is 3. The van der Waals surface area contributed by atoms with Crippen molar-refractivity contribution in [2.45, 2.75) is 12.5 Å². The first kappa shape index (κ1) is 7.27. The molecule has 0 saturated heterocycles. The first-order chi connectivity index (χ1) is 3.31. The van der Waals surface area contributed by atoms with E-state index in [-0.39, 0.29) is 0 Å². The summed E-state index contributed by atoms with van der Waals surface area (Å²) >= 11 is 4.59. The van der Waals surface area contributed by atoms with Crippen LogP contribution < -0.4 is 0 Å². The fourth-order valence-electron chi connectivity index (χ4n) is 0.204. The molecular formula is C4H9O2S. The van der Waals surface area contributed by atoms with Gasteiger partial charge in [0.15, 0.2) is 0 Å². The first-order valence-corrected chi connectivity index (χ1v) is 2.58. The van der Waals surface area contributed by atoms with Gasteiger partial charge in [0, 0.05) is 13.7 Å². The molecule has 0 aromatic rings. The molecule has 0 bridgehead atoms. The van der Waals surface area contributed by atoms with Crippen LogP contribution in [0.25, 0.3) is 0 Å². The van der Waals surface area contributed by atoms with Crippen molar-refractivity contribution in [2.75, 3.05) is 13.7 Å². The van der Waals surface area contributed by atoms with Gasteiger partial charge in [-0.05, 0) is 19.6 Å². The van der Waals surface area contributed by atoms with Crippen LogP contribution in [0.4, 0.5) is 0 Å². The smallest absolute Gasteiger partial charge is 0.216 e. The van der Waals surface area contributed by atoms with E-state index in [0.717, 1.165) is 0 Å². The molecule has 0 rings (SSSR count). The molecule has 0 aromatic carbocycles. The van der Waals surface area contributed by atoms with Gasteiger partial charge in [-0.3, -0.25) is 0 Å². The molecular weight excluding hydrogens is 112 g/mol. The standard InChI is InChI=1S/C4H9O2S/c1-3-6-4(7)5-2/h4H,3H2,1-2H3. The van der Waals surface area contributed by atoms with Crippen LogP contribution in [0.15, 0.2) is 0 Å². The second kappa shape index (κ2) is 4.43. The first-order valence-electron chi connectivity index (χ1n) is 2.11. The van der Waals surface area contributed by atoms with Crippen LogP contribution in [0.1, 0.15) is 6.92 Å². The molecule has 0 aromatic heterocycles. The Morgan fingerprint density at radius 3 is 2.43 bits per heavy atom. The van der Waals surface area contributed by atoms with Crippen molar-refractivity contribution >= 4 is 12.6 Å². The Hall–Kier alpha value is 0.270. The maximum Gasteiger partial charge on any atom is 0.216 e. The molecule has 0 aliphatic rings. The molecule has 0 amide bonds. The molecule has 7 heavy (non-hydrogen) atoms. The van der Waals surface area contributed by atoms with E-state index in [2.05, 4.69) is 17.4 Å². The molecule has 3 heteroatoms. The molecule has 0 spiro atoms. The average molecular weight is 121 g/mol. The molecule has 0 heterocycles. The van der Waals surface area contributed by atoms with E-state index in [1.165, 1.54) is 7.11 Å². The molecule has 1 atom stereocenters. The highest BCUT2D eigenvalue weighted by atomic mass is 32.1. The molecule has 2 nitrogen and oxygen atoms in total. The zero-order valence-electron chi connectivity index (χ0n) is 4.51. The highest BCUT2D eigenvalue weighted by Crippen LogP contribution is 1.94. The maximum absolute atomic E-state index is 4.78. The summed E-state index contributed by atoms with van der Waals surface area (Å²) in [7, 11) is 1.52. The largest absolute Gasteiger partial charge is 0.346 e. The normalized spacial score (nSPS) is 14.1. The SMILES string of the molecule is CCOC([S])OC. The van der Waals surface area contributed by atoms with Gasteiger partial charge in [0.1, 0.15) is 0 Å². The molecule has 1 radical (unpaired) electrons. The van der Waals surface area contributed by atoms with Crippen molar-refractivity contribution in [1.29, 1.82) is 0 Å². The summed E-state index contributed by atoms with van der Waals surface area (Å²) < 4.78 is 9.37. The molecule has 43 valence electrons. The van der Waals surface area contributed by atoms with Gasteiger partial charge in [0.25, 0.3) is 0 Å². The Balaban J connectivity index is 2.83. The van der Waals surface area contributed by atoms with Gasteiger partial charge in [0.2, 0.25) is 5.62 Å². The number of methoxy groups -OCH3 is 1. The van der Waals surface area contributed by atoms with E-state index in [4.69, 9.17) is 4.74 Å². The fraction of sp³-hybridized carbons (Fsp3) is 1.00. The fourth-order valence-corrected chi connectivity index (χ4v) is 0.340. The zero-order valence-corrected chi connectivity index (χ0v) is 5.33. The van der Waals surface area contributed by atoms with E-state index in [0.29, 0.717) is 6.61 Å². The van der Waals surface area contributed by atoms with E-state index >= 15 is 0 Å². The van der Waals surface area contributed by atoms with Crippen molar-refractivity contribution in [1.82, 2.24) is 0 Å². The Kier molecular flexibility index (Phi) is 4.60. The molecule has 0 aliphatic carbocycles. The second-order valence-electron chi connectivity index (χ2n) is 0.980. The van der Waals surface area contributed by atoms with Crippen LogP contribution in [0.5, 0.6) is 0 Å². The minimum Gasteiger partial charge on any atom is -0.346 e. The average Bonchev–Trinajstić information content (AvgIpc) is 1.68. The van der Waals surface area contributed by atoms with Crippen molar-refractivity contribution < 1.29 is 9.47 Å². The summed E-state index contributed by atoms with van der Waals surface area (Å²) in [5.74, 6) is 0. The third-order valence-corrected chi connectivity index (χ3v) is 0.824. The van der Waals surface area contributed by atoms with Gasteiger partial charge in [-0.1, -0.05) is 0 Å². The highest BCUT2D eigenvalue weighted by Gasteiger charge is 1.94. The van der Waals surface area contributed by atoms with Gasteiger partial charge in [-0.25, -0.2) is 0 Å². The monoisotopic (exact) mass is 121 g/mol. The summed E-state index contributed by atoms with van der Waals surface area (Å²) in [6.07, 6.45) is 0. The van der Waals surface area contributed by atoms with Crippen LogP contribution in [-0.2, 0) is 9.47 Å². The van der Waals surface area contributed by atoms with Crippen molar-refractivity contribution in [3.63, 3.8) is 0 Å². The topological polar surface area (TPSA) is 18.5 Å². The Morgan fingerprint density at radius 1 is 1.71 bits per heavy atom. The number of hydrogen-bond acceptors (Lipinski definition) is 2. The number of ether oxygens (including phenoxy) is 2. The van der Waals surface area contributed by atoms with Crippen LogP contribution in [0.3, 0.4) is 0 Å². The van der Waals surface area contributed by atoms with Gasteiger partial charge in [-0.15, -0.1) is 0 Å². The van der Waals surface area contributed by atoms with Crippen LogP contribution in [-0.4, -0.2) is 19.3 Å². The molecule has 1 unspecified atom stereocenters. The zero-order chi connectivity index (χ0) is 5.70. The van der Waals surface area contributed by atoms with E-state index < -0.39 is 5.62 Å². The lowest BCUT2D eigenvalue weighted by Gasteiger charge is -2.04. The highest BCUT2D eigenvalue weighted by molar-refractivity contribution is 7.80. The van der Waals surface area contributed by atoms with E-state index in [1.807, 2.05) is 6.92 Å². The summed E-state index contributed by atoms with van der Waals surface area (Å²) in [5.41, 5.74) is -0.468. The third kappa shape index (κ3) is 4.12. The van der Waals surface area contributed by atoms with Crippen LogP contribution >= 0.6 is 12.6 Å². The second-order valence-corrected chi connectivity index (χ2v) is 1.36. The van der Waals surface area contributed by atoms with Crippen LogP contribution in [0.2, 0.25) is 0 Å². The third-order valence-electron chi connectivity index (χ3n) is 0.495. The predicted octanol–water partition coefficient (Wildman–Crippen LogP) is 1.15. The van der Waals surface area contributed by atoms with Gasteiger partial charge >= 0.3 is 0 Å². The van der Waals surface area contributed by atoms with Crippen molar-refractivity contribution in [2.24, 2.45) is 0 Å². The predicted molar refractivity (Wildman–Crippen MR) is 30.0 cm³/mol. The lowest BCUT2D eigenvalue weighted by atomic mass is 10.9. The Bertz CT molecular complexity index is 40.7. The van der Waals surface area contributed by atoms with Gasteiger partial charge in [0.05, 0.1) is 0 Å². The van der Waals surface area contributed by atoms with E-state index in [1.54, 1.807) is 0 Å². The minimum atomic E-state index is -0.468. The lowest BCUT2D eigenvalue weighted by Crippen LogP contribution is -2.05. The molecule has 0 fully saturated rings. The van der Waals surface area contributed by atoms with Gasteiger partial charge in [-0.2, -0.15) is 0 Å². The van der Waals surface area contributed by atoms with Crippen molar-refractivity contribution in [3.8, 4) is 0 Å². The van der Waals surface area contributed by atoms with Crippen LogP contribution in [0, 0.1) is 0 Å². The molecule has 0 saturated carbocycles. The summed E-state index contributed by atoms with van der Waals surface area (Å²) in [5, 5.41) is 0. The molecule has 0 aliphatic heterocycles. The lowest BCUT2D eigenvalue weighted by molar-refractivity contribution is -0.0536. The minimum absolute atomic E-state index is 0.468. The summed E-state index contributed by atoms with van der Waals surface area (Å²) in [6.45, 7) is 2.49. The Morgan fingerprint density at radius 2 is 2.29 bits per heavy atom. The summed E-state index contributed by atoms with van der Waals surface area (Å²) in [6, 6.07) is 0. The number of hydrogen-bond donors (Lipinski definition) is 0. The van der Waals surface area contributed by atoms with E-state index in [9.17, 15) is 0 Å². The van der Waals surface area contributed by atoms with Crippen molar-refractivity contribution in [3.05, 3.63) is 0 Å². The maximum atomic E-state index is 4.78.